The van der Waals surface area contributed by atoms with Crippen LogP contribution in [-0.2, 0) is 0 Å². The Morgan fingerprint density at radius 2 is 1.92 bits per heavy atom. The second-order valence-electron chi connectivity index (χ2n) is 2.96. The van der Waals surface area contributed by atoms with Gasteiger partial charge in [-0.2, -0.15) is 0 Å². The Balaban J connectivity index is 0.00000144. The van der Waals surface area contributed by atoms with Crippen LogP contribution in [-0.4, -0.2) is 0 Å². The van der Waals surface area contributed by atoms with Crippen LogP contribution in [0.4, 0.5) is 0 Å². The van der Waals surface area contributed by atoms with E-state index in [9.17, 15) is 0 Å². The summed E-state index contributed by atoms with van der Waals surface area (Å²) in [7, 11) is 0. The quantitative estimate of drug-likeness (QED) is 0.584. The summed E-state index contributed by atoms with van der Waals surface area (Å²) in [6, 6.07) is 0. The van der Waals surface area contributed by atoms with Gasteiger partial charge in [-0.3, -0.25) is 0 Å². The van der Waals surface area contributed by atoms with Crippen LogP contribution >= 0.6 is 0 Å². The molecule has 0 aromatic carbocycles. The Kier molecular flexibility index (Phi) is 5.13. The zero-order valence-electron chi connectivity index (χ0n) is 7.93. The molecule has 0 heterocycles. The topological polar surface area (TPSA) is 0 Å². The van der Waals surface area contributed by atoms with Gasteiger partial charge in [0, 0.05) is 0 Å². The molecule has 1 rings (SSSR count). The summed E-state index contributed by atoms with van der Waals surface area (Å²) in [6.45, 7) is 7.99. The van der Waals surface area contributed by atoms with Crippen LogP contribution in [0.25, 0.3) is 0 Å². The minimum absolute atomic E-state index is 0. The van der Waals surface area contributed by atoms with E-state index in [-0.39, 0.29) is 7.43 Å². The van der Waals surface area contributed by atoms with E-state index in [1.165, 1.54) is 29.6 Å². The molecule has 0 spiro atoms. The molecule has 0 bridgehead atoms. The van der Waals surface area contributed by atoms with Crippen LogP contribution in [0.15, 0.2) is 47.6 Å². The zero-order chi connectivity index (χ0) is 8.97. The van der Waals surface area contributed by atoms with Gasteiger partial charge in [0.25, 0.3) is 0 Å². The summed E-state index contributed by atoms with van der Waals surface area (Å²) in [4.78, 5) is 0. The maximum absolute atomic E-state index is 3.84. The lowest BCUT2D eigenvalue weighted by Gasteiger charge is -1.97. The first-order valence-electron chi connectivity index (χ1n) is 4.47. The lowest BCUT2D eigenvalue weighted by molar-refractivity contribution is 1.03. The van der Waals surface area contributed by atoms with Crippen molar-refractivity contribution in [2.45, 2.75) is 34.1 Å². The number of hydrogen-bond acceptors (Lipinski definition) is 0. The summed E-state index contributed by atoms with van der Waals surface area (Å²) in [6.07, 6.45) is 10.8. The highest BCUT2D eigenvalue weighted by atomic mass is 14.2. The summed E-state index contributed by atoms with van der Waals surface area (Å²) in [5.41, 5.74) is 4.22. The van der Waals surface area contributed by atoms with Gasteiger partial charge in [-0.15, -0.1) is 0 Å². The molecule has 13 heavy (non-hydrogen) atoms. The number of rotatable bonds is 2. The molecule has 0 N–H and O–H groups in total. The van der Waals surface area contributed by atoms with E-state index < -0.39 is 0 Å². The highest BCUT2D eigenvalue weighted by Crippen LogP contribution is 2.32. The third-order valence-electron chi connectivity index (χ3n) is 2.28. The van der Waals surface area contributed by atoms with Gasteiger partial charge < -0.3 is 0 Å². The predicted molar refractivity (Wildman–Crippen MR) is 61.8 cm³/mol. The van der Waals surface area contributed by atoms with Crippen LogP contribution in [0.2, 0.25) is 0 Å². The molecule has 0 amide bonds. The van der Waals surface area contributed by atoms with Crippen LogP contribution < -0.4 is 0 Å². The average molecular weight is 176 g/mol. The normalized spacial score (nSPS) is 19.7. The zero-order valence-corrected chi connectivity index (χ0v) is 7.93. The molecule has 0 unspecified atom stereocenters. The van der Waals surface area contributed by atoms with Gasteiger partial charge in [-0.05, 0) is 43.4 Å². The SMILES string of the molecule is C.C=CC1=C(/C=C\C)CC/C1=C\C. The first-order chi connectivity index (χ1) is 5.83. The van der Waals surface area contributed by atoms with E-state index in [1.807, 2.05) is 6.08 Å². The first-order valence-corrected chi connectivity index (χ1v) is 4.47. The minimum Gasteiger partial charge on any atom is -0.0985 e. The first kappa shape index (κ1) is 12.0. The molecular weight excluding hydrogens is 156 g/mol. The molecule has 0 aromatic rings. The van der Waals surface area contributed by atoms with Crippen LogP contribution in [0, 0.1) is 0 Å². The molecule has 0 aliphatic heterocycles. The summed E-state index contributed by atoms with van der Waals surface area (Å²) >= 11 is 0. The van der Waals surface area contributed by atoms with Crippen molar-refractivity contribution in [1.29, 1.82) is 0 Å². The Morgan fingerprint density at radius 1 is 1.23 bits per heavy atom. The Morgan fingerprint density at radius 3 is 2.38 bits per heavy atom. The van der Waals surface area contributed by atoms with E-state index in [1.54, 1.807) is 0 Å². The Hall–Kier alpha value is -1.04. The van der Waals surface area contributed by atoms with Gasteiger partial charge in [0.1, 0.15) is 0 Å². The van der Waals surface area contributed by atoms with Crippen molar-refractivity contribution >= 4 is 0 Å². The average Bonchev–Trinajstić information content (AvgIpc) is 2.47. The van der Waals surface area contributed by atoms with Crippen molar-refractivity contribution in [1.82, 2.24) is 0 Å². The molecule has 0 atom stereocenters. The standard InChI is InChI=1S/C12H16.CH4/c1-4-7-11-9-8-10(5-2)12(11)6-3;/h4-7H,3,8-9H2,1-2H3;1H4/b7-4-,10-5+;. The van der Waals surface area contributed by atoms with Gasteiger partial charge in [-0.25, -0.2) is 0 Å². The number of hydrogen-bond donors (Lipinski definition) is 0. The van der Waals surface area contributed by atoms with Crippen molar-refractivity contribution in [3.63, 3.8) is 0 Å². The Bertz CT molecular complexity index is 262. The molecule has 72 valence electrons. The van der Waals surface area contributed by atoms with Crippen molar-refractivity contribution in [2.75, 3.05) is 0 Å². The predicted octanol–water partition coefficient (Wildman–Crippen LogP) is 4.42. The molecule has 0 radical (unpaired) electrons. The molecular formula is C13H20. The third-order valence-corrected chi connectivity index (χ3v) is 2.28. The molecule has 0 saturated carbocycles. The lowest BCUT2D eigenvalue weighted by Crippen LogP contribution is -1.78. The van der Waals surface area contributed by atoms with Crippen LogP contribution in [0.3, 0.4) is 0 Å². The minimum atomic E-state index is 0. The van der Waals surface area contributed by atoms with E-state index in [0.717, 1.165) is 0 Å². The highest BCUT2D eigenvalue weighted by molar-refractivity contribution is 5.50. The monoisotopic (exact) mass is 176 g/mol. The molecule has 1 aliphatic carbocycles. The smallest absolute Gasteiger partial charge is 0.0201 e. The molecule has 0 saturated heterocycles. The molecule has 0 nitrogen and oxygen atoms in total. The second kappa shape index (κ2) is 5.58. The van der Waals surface area contributed by atoms with E-state index in [4.69, 9.17) is 0 Å². The van der Waals surface area contributed by atoms with Gasteiger partial charge in [0.2, 0.25) is 0 Å². The lowest BCUT2D eigenvalue weighted by atomic mass is 10.1. The van der Waals surface area contributed by atoms with Gasteiger partial charge in [0.15, 0.2) is 0 Å². The fourth-order valence-electron chi connectivity index (χ4n) is 1.68. The Labute approximate surface area is 82.4 Å². The van der Waals surface area contributed by atoms with Crippen molar-refractivity contribution < 1.29 is 0 Å². The van der Waals surface area contributed by atoms with E-state index in [2.05, 4.69) is 38.7 Å². The van der Waals surface area contributed by atoms with Crippen molar-refractivity contribution in [3.8, 4) is 0 Å². The second-order valence-corrected chi connectivity index (χ2v) is 2.96. The van der Waals surface area contributed by atoms with Gasteiger partial charge in [0.05, 0.1) is 0 Å². The fraction of sp³-hybridized carbons (Fsp3) is 0.385. The van der Waals surface area contributed by atoms with Crippen LogP contribution in [0.5, 0.6) is 0 Å². The van der Waals surface area contributed by atoms with E-state index in [0.29, 0.717) is 0 Å². The molecule has 0 aromatic heterocycles. The molecule has 0 fully saturated rings. The van der Waals surface area contributed by atoms with Crippen molar-refractivity contribution in [3.05, 3.63) is 47.6 Å². The molecule has 1 aliphatic rings. The maximum atomic E-state index is 3.84. The highest BCUT2D eigenvalue weighted by Gasteiger charge is 2.13. The largest absolute Gasteiger partial charge is 0.0985 e. The van der Waals surface area contributed by atoms with Crippen molar-refractivity contribution in [2.24, 2.45) is 0 Å². The van der Waals surface area contributed by atoms with Gasteiger partial charge >= 0.3 is 0 Å². The third kappa shape index (κ3) is 2.45. The van der Waals surface area contributed by atoms with E-state index >= 15 is 0 Å². The summed E-state index contributed by atoms with van der Waals surface area (Å²) in [5.74, 6) is 0. The number of allylic oxidation sites excluding steroid dienone is 7. The van der Waals surface area contributed by atoms with Gasteiger partial charge in [-0.1, -0.05) is 38.3 Å². The molecule has 0 heteroatoms. The maximum Gasteiger partial charge on any atom is -0.0201 e. The summed E-state index contributed by atoms with van der Waals surface area (Å²) in [5, 5.41) is 0. The van der Waals surface area contributed by atoms with Crippen LogP contribution in [0.1, 0.15) is 34.1 Å². The fourth-order valence-corrected chi connectivity index (χ4v) is 1.68. The summed E-state index contributed by atoms with van der Waals surface area (Å²) < 4.78 is 0.